The Morgan fingerprint density at radius 2 is 1.96 bits per heavy atom. The third kappa shape index (κ3) is 2.96. The molecule has 1 saturated heterocycles. The standard InChI is InChI=1S/C20H22N4O3S/c1-19(2)13-8-9-20(19,3)16(11-13)22-23-18-21-17(25)15(28-18)10-12-4-6-14(7-5-12)24(26)27/h4-7,10,13H,8-9,11H2,1-3H3,(H,21,23,25)/b15-10+,22-16-/t13-,20+/m0/s1. The number of benzene rings is 1. The molecule has 4 rings (SSSR count). The summed E-state index contributed by atoms with van der Waals surface area (Å²) in [6.45, 7) is 6.91. The number of rotatable bonds is 3. The number of fused-ring (bicyclic) bond motifs is 2. The third-order valence-electron chi connectivity index (χ3n) is 6.83. The number of nitrogens with one attached hydrogen (secondary N) is 1. The zero-order valence-corrected chi connectivity index (χ0v) is 16.9. The summed E-state index contributed by atoms with van der Waals surface area (Å²) in [7, 11) is 0. The van der Waals surface area contributed by atoms with Crippen molar-refractivity contribution in [1.82, 2.24) is 5.32 Å². The van der Waals surface area contributed by atoms with E-state index in [9.17, 15) is 14.9 Å². The Balaban J connectivity index is 1.51. The van der Waals surface area contributed by atoms with Crippen molar-refractivity contribution >= 4 is 40.3 Å². The maximum absolute atomic E-state index is 12.2. The summed E-state index contributed by atoms with van der Waals surface area (Å²) in [6, 6.07) is 6.07. The van der Waals surface area contributed by atoms with Gasteiger partial charge in [-0.05, 0) is 66.1 Å². The Kier molecular flexibility index (Phi) is 4.41. The van der Waals surface area contributed by atoms with Crippen LogP contribution >= 0.6 is 11.8 Å². The lowest BCUT2D eigenvalue weighted by molar-refractivity contribution is -0.384. The molecule has 2 bridgehead atoms. The van der Waals surface area contributed by atoms with E-state index >= 15 is 0 Å². The molecule has 0 aromatic heterocycles. The average Bonchev–Trinajstić information content (AvgIpc) is 3.17. The summed E-state index contributed by atoms with van der Waals surface area (Å²) in [5.41, 5.74) is 2.18. The van der Waals surface area contributed by atoms with Crippen molar-refractivity contribution < 1.29 is 9.72 Å². The lowest BCUT2D eigenvalue weighted by atomic mass is 9.70. The number of carbonyl (C=O) groups is 1. The molecule has 0 spiro atoms. The van der Waals surface area contributed by atoms with E-state index in [4.69, 9.17) is 0 Å². The molecule has 3 aliphatic rings. The molecule has 1 aliphatic heterocycles. The van der Waals surface area contributed by atoms with E-state index in [0.29, 0.717) is 16.0 Å². The number of nitro benzene ring substituents is 1. The van der Waals surface area contributed by atoms with Crippen LogP contribution in [0.2, 0.25) is 0 Å². The normalized spacial score (nSPS) is 32.5. The molecule has 1 N–H and O–H groups in total. The second-order valence-electron chi connectivity index (χ2n) is 8.36. The Bertz CT molecular complexity index is 949. The zero-order valence-electron chi connectivity index (χ0n) is 16.1. The average molecular weight is 398 g/mol. The van der Waals surface area contributed by atoms with Crippen LogP contribution in [-0.4, -0.2) is 21.7 Å². The second kappa shape index (κ2) is 6.55. The third-order valence-corrected chi connectivity index (χ3v) is 7.73. The lowest BCUT2D eigenvalue weighted by Crippen LogP contribution is -2.32. The molecule has 1 amide bonds. The predicted molar refractivity (Wildman–Crippen MR) is 111 cm³/mol. The molecule has 0 unspecified atom stereocenters. The van der Waals surface area contributed by atoms with Gasteiger partial charge in [-0.25, -0.2) is 0 Å². The number of amides is 1. The smallest absolute Gasteiger partial charge is 0.269 e. The van der Waals surface area contributed by atoms with Gasteiger partial charge in [0.1, 0.15) is 0 Å². The van der Waals surface area contributed by atoms with Gasteiger partial charge in [0.05, 0.1) is 9.83 Å². The lowest BCUT2D eigenvalue weighted by Gasteiger charge is -2.34. The van der Waals surface area contributed by atoms with E-state index < -0.39 is 4.92 Å². The highest BCUT2D eigenvalue weighted by molar-refractivity contribution is 8.18. The molecule has 1 heterocycles. The fraction of sp³-hybridized carbons (Fsp3) is 0.450. The first-order chi connectivity index (χ1) is 13.2. The highest BCUT2D eigenvalue weighted by Gasteiger charge is 2.60. The zero-order chi connectivity index (χ0) is 20.1. The second-order valence-corrected chi connectivity index (χ2v) is 9.39. The largest absolute Gasteiger partial charge is 0.299 e. The summed E-state index contributed by atoms with van der Waals surface area (Å²) in [6.07, 6.45) is 5.05. The fourth-order valence-corrected chi connectivity index (χ4v) is 5.28. The Morgan fingerprint density at radius 1 is 1.25 bits per heavy atom. The number of hydrogen-bond donors (Lipinski definition) is 1. The number of nitrogens with zero attached hydrogens (tertiary/aromatic N) is 3. The first kappa shape index (κ1) is 18.9. The van der Waals surface area contributed by atoms with Crippen molar-refractivity contribution in [2.75, 3.05) is 0 Å². The SMILES string of the molecule is CC1(C)[C@H]2CC[C@]1(C)/C(=N\N=C1\NC(=O)/C(=C\c3ccc([N+](=O)[O-])cc3)S1)C2. The van der Waals surface area contributed by atoms with E-state index in [1.807, 2.05) is 0 Å². The van der Waals surface area contributed by atoms with Crippen molar-refractivity contribution in [2.24, 2.45) is 27.0 Å². The quantitative estimate of drug-likeness (QED) is 0.465. The van der Waals surface area contributed by atoms with Crippen molar-refractivity contribution in [3.63, 3.8) is 0 Å². The van der Waals surface area contributed by atoms with E-state index in [1.165, 1.54) is 30.3 Å². The van der Waals surface area contributed by atoms with E-state index in [0.717, 1.165) is 24.1 Å². The van der Waals surface area contributed by atoms with Crippen LogP contribution in [0.15, 0.2) is 39.4 Å². The minimum atomic E-state index is -0.449. The van der Waals surface area contributed by atoms with Crippen LogP contribution in [0, 0.1) is 26.9 Å². The van der Waals surface area contributed by atoms with Gasteiger partial charge in [-0.2, -0.15) is 5.10 Å². The van der Waals surface area contributed by atoms with Gasteiger partial charge in [0.25, 0.3) is 11.6 Å². The first-order valence-electron chi connectivity index (χ1n) is 9.31. The van der Waals surface area contributed by atoms with Gasteiger partial charge in [-0.1, -0.05) is 20.8 Å². The number of nitro groups is 1. The van der Waals surface area contributed by atoms with Crippen LogP contribution in [0.25, 0.3) is 6.08 Å². The van der Waals surface area contributed by atoms with Gasteiger partial charge in [0.15, 0.2) is 5.17 Å². The monoisotopic (exact) mass is 398 g/mol. The summed E-state index contributed by atoms with van der Waals surface area (Å²) < 4.78 is 0. The molecule has 0 radical (unpaired) electrons. The summed E-state index contributed by atoms with van der Waals surface area (Å²) >= 11 is 1.24. The molecule has 28 heavy (non-hydrogen) atoms. The van der Waals surface area contributed by atoms with Crippen LogP contribution < -0.4 is 5.32 Å². The van der Waals surface area contributed by atoms with Crippen LogP contribution in [0.1, 0.15) is 45.6 Å². The van der Waals surface area contributed by atoms with Gasteiger partial charge in [-0.15, -0.1) is 5.10 Å². The molecule has 2 aliphatic carbocycles. The predicted octanol–water partition coefficient (Wildman–Crippen LogP) is 4.36. The molecular formula is C20H22N4O3S. The Labute approximate surface area is 167 Å². The molecule has 3 fully saturated rings. The van der Waals surface area contributed by atoms with Crippen molar-refractivity contribution in [3.05, 3.63) is 44.8 Å². The van der Waals surface area contributed by atoms with Crippen LogP contribution in [0.4, 0.5) is 5.69 Å². The molecular weight excluding hydrogens is 376 g/mol. The Morgan fingerprint density at radius 3 is 2.54 bits per heavy atom. The fourth-order valence-electron chi connectivity index (χ4n) is 4.50. The number of non-ortho nitro benzene ring substituents is 1. The van der Waals surface area contributed by atoms with E-state index in [-0.39, 0.29) is 22.4 Å². The van der Waals surface area contributed by atoms with Crippen molar-refractivity contribution in [3.8, 4) is 0 Å². The van der Waals surface area contributed by atoms with Crippen LogP contribution in [0.5, 0.6) is 0 Å². The molecule has 7 nitrogen and oxygen atoms in total. The molecule has 2 atom stereocenters. The van der Waals surface area contributed by atoms with Crippen LogP contribution in [0.3, 0.4) is 0 Å². The van der Waals surface area contributed by atoms with Gasteiger partial charge in [0, 0.05) is 23.3 Å². The maximum Gasteiger partial charge on any atom is 0.269 e. The van der Waals surface area contributed by atoms with Gasteiger partial charge in [0.2, 0.25) is 0 Å². The number of hydrogen-bond acceptors (Lipinski definition) is 6. The molecule has 2 saturated carbocycles. The van der Waals surface area contributed by atoms with Gasteiger partial charge < -0.3 is 0 Å². The van der Waals surface area contributed by atoms with Gasteiger partial charge in [-0.3, -0.25) is 20.2 Å². The van der Waals surface area contributed by atoms with Crippen molar-refractivity contribution in [1.29, 1.82) is 0 Å². The molecule has 1 aromatic carbocycles. The number of thioether (sulfide) groups is 1. The van der Waals surface area contributed by atoms with E-state index in [1.54, 1.807) is 18.2 Å². The minimum absolute atomic E-state index is 0.0195. The summed E-state index contributed by atoms with van der Waals surface area (Å²) in [5, 5.41) is 22.8. The molecule has 146 valence electrons. The topological polar surface area (TPSA) is 97.0 Å². The van der Waals surface area contributed by atoms with Gasteiger partial charge >= 0.3 is 0 Å². The Hall–Kier alpha value is -2.48. The summed E-state index contributed by atoms with van der Waals surface area (Å²) in [5.74, 6) is 0.418. The molecule has 1 aromatic rings. The summed E-state index contributed by atoms with van der Waals surface area (Å²) in [4.78, 5) is 23.0. The highest BCUT2D eigenvalue weighted by Crippen LogP contribution is 2.64. The van der Waals surface area contributed by atoms with Crippen LogP contribution in [-0.2, 0) is 4.79 Å². The highest BCUT2D eigenvalue weighted by atomic mass is 32.2. The number of carbonyl (C=O) groups excluding carboxylic acids is 1. The van der Waals surface area contributed by atoms with Crippen molar-refractivity contribution in [2.45, 2.75) is 40.0 Å². The first-order valence-corrected chi connectivity index (χ1v) is 10.1. The van der Waals surface area contributed by atoms with E-state index in [2.05, 4.69) is 36.3 Å². The molecule has 8 heteroatoms. The maximum atomic E-state index is 12.2. The minimum Gasteiger partial charge on any atom is -0.299 e. The number of amidine groups is 1.